The Labute approximate surface area is 193 Å². The molecule has 176 valence electrons. The first-order valence-electron chi connectivity index (χ1n) is 11.0. The van der Waals surface area contributed by atoms with E-state index in [1.165, 1.54) is 5.56 Å². The van der Waals surface area contributed by atoms with Gasteiger partial charge >= 0.3 is 6.18 Å². The van der Waals surface area contributed by atoms with Crippen LogP contribution in [0.5, 0.6) is 0 Å². The number of rotatable bonds is 6. The summed E-state index contributed by atoms with van der Waals surface area (Å²) in [5, 5.41) is 1.12. The highest BCUT2D eigenvalue weighted by Crippen LogP contribution is 2.34. The van der Waals surface area contributed by atoms with E-state index in [0.717, 1.165) is 24.0 Å². The van der Waals surface area contributed by atoms with Crippen LogP contribution < -0.4 is 0 Å². The van der Waals surface area contributed by atoms with Crippen molar-refractivity contribution < 1.29 is 26.3 Å². The number of halogens is 6. The Kier molecular flexibility index (Phi) is 6.69. The van der Waals surface area contributed by atoms with Crippen LogP contribution in [0.25, 0.3) is 21.9 Å². The molecule has 0 nitrogen and oxygen atoms in total. The maximum absolute atomic E-state index is 15.1. The van der Waals surface area contributed by atoms with Crippen molar-refractivity contribution >= 4 is 10.8 Å². The lowest BCUT2D eigenvalue weighted by Crippen LogP contribution is -2.12. The van der Waals surface area contributed by atoms with E-state index in [4.69, 9.17) is 0 Å². The summed E-state index contributed by atoms with van der Waals surface area (Å²) in [6.07, 6.45) is -2.95. The highest BCUT2D eigenvalue weighted by atomic mass is 19.4. The predicted molar refractivity (Wildman–Crippen MR) is 122 cm³/mol. The molecule has 0 spiro atoms. The predicted octanol–water partition coefficient (Wildman–Crippen LogP) is 8.68. The first-order valence-corrected chi connectivity index (χ1v) is 11.0. The molecule has 0 radical (unpaired) electrons. The van der Waals surface area contributed by atoms with E-state index < -0.39 is 29.2 Å². The van der Waals surface area contributed by atoms with Gasteiger partial charge in [-0.25, -0.2) is 13.2 Å². The standard InChI is InChI=1S/C28H22F6/c1-2-3-17-4-7-19(8-5-17)21-12-13-23-22(16-21)11-10-20(27(23)31)9-6-18-14-24(29)26(25(30)15-18)28(32,33)34/h4-5,7-8,10-16H,2-3,6,9H2,1H3. The number of aryl methyl sites for hydroxylation is 3. The molecule has 0 N–H and O–H groups in total. The first kappa shape index (κ1) is 23.9. The van der Waals surface area contributed by atoms with Crippen LogP contribution in [0.15, 0.2) is 66.7 Å². The molecule has 0 aliphatic heterocycles. The van der Waals surface area contributed by atoms with Gasteiger partial charge in [0.1, 0.15) is 23.0 Å². The van der Waals surface area contributed by atoms with Crippen molar-refractivity contribution in [2.75, 3.05) is 0 Å². The van der Waals surface area contributed by atoms with Crippen LogP contribution in [0.2, 0.25) is 0 Å². The fourth-order valence-corrected chi connectivity index (χ4v) is 4.18. The lowest BCUT2D eigenvalue weighted by molar-refractivity contribution is -0.142. The molecule has 4 rings (SSSR count). The summed E-state index contributed by atoms with van der Waals surface area (Å²) >= 11 is 0. The van der Waals surface area contributed by atoms with Gasteiger partial charge in [-0.15, -0.1) is 0 Å². The van der Waals surface area contributed by atoms with Gasteiger partial charge in [0.2, 0.25) is 0 Å². The van der Waals surface area contributed by atoms with Crippen LogP contribution >= 0.6 is 0 Å². The molecule has 0 atom stereocenters. The minimum Gasteiger partial charge on any atom is -0.206 e. The van der Waals surface area contributed by atoms with Crippen molar-refractivity contribution in [3.63, 3.8) is 0 Å². The second-order valence-corrected chi connectivity index (χ2v) is 8.35. The average molecular weight is 472 g/mol. The fourth-order valence-electron chi connectivity index (χ4n) is 4.18. The highest BCUT2D eigenvalue weighted by Gasteiger charge is 2.37. The third kappa shape index (κ3) is 4.96. The Balaban J connectivity index is 1.55. The lowest BCUT2D eigenvalue weighted by atomic mass is 9.96. The van der Waals surface area contributed by atoms with E-state index in [9.17, 15) is 22.0 Å². The van der Waals surface area contributed by atoms with E-state index in [0.29, 0.717) is 28.5 Å². The lowest BCUT2D eigenvalue weighted by Gasteiger charge is -2.12. The van der Waals surface area contributed by atoms with Gasteiger partial charge in [-0.3, -0.25) is 0 Å². The summed E-state index contributed by atoms with van der Waals surface area (Å²) in [4.78, 5) is 0. The Bertz CT molecular complexity index is 1300. The molecule has 34 heavy (non-hydrogen) atoms. The molecule has 0 saturated carbocycles. The summed E-state index contributed by atoms with van der Waals surface area (Å²) < 4.78 is 81.0. The molecule has 0 aliphatic rings. The summed E-state index contributed by atoms with van der Waals surface area (Å²) in [6, 6.07) is 18.4. The van der Waals surface area contributed by atoms with Gasteiger partial charge in [0, 0.05) is 5.39 Å². The van der Waals surface area contributed by atoms with E-state index in [-0.39, 0.29) is 18.4 Å². The van der Waals surface area contributed by atoms with Crippen LogP contribution in [0.1, 0.15) is 35.6 Å². The second kappa shape index (κ2) is 9.53. The number of hydrogen-bond acceptors (Lipinski definition) is 0. The number of fused-ring (bicyclic) bond motifs is 1. The highest BCUT2D eigenvalue weighted by molar-refractivity contribution is 5.88. The topological polar surface area (TPSA) is 0 Å². The van der Waals surface area contributed by atoms with Crippen LogP contribution in [0.4, 0.5) is 26.3 Å². The third-order valence-electron chi connectivity index (χ3n) is 5.93. The normalized spacial score (nSPS) is 11.9. The molecule has 4 aromatic carbocycles. The fraction of sp³-hybridized carbons (Fsp3) is 0.214. The van der Waals surface area contributed by atoms with Gasteiger partial charge in [-0.05, 0) is 70.7 Å². The zero-order valence-electron chi connectivity index (χ0n) is 18.4. The Hall–Kier alpha value is -3.28. The molecule has 0 fully saturated rings. The molecule has 4 aromatic rings. The smallest absolute Gasteiger partial charge is 0.206 e. The summed E-state index contributed by atoms with van der Waals surface area (Å²) in [6.45, 7) is 2.13. The third-order valence-corrected chi connectivity index (χ3v) is 5.93. The van der Waals surface area contributed by atoms with Crippen molar-refractivity contribution in [3.05, 3.63) is 106 Å². The van der Waals surface area contributed by atoms with Crippen LogP contribution in [-0.2, 0) is 25.4 Å². The number of benzene rings is 4. The van der Waals surface area contributed by atoms with Crippen LogP contribution in [-0.4, -0.2) is 0 Å². The molecule has 0 aromatic heterocycles. The van der Waals surface area contributed by atoms with E-state index in [1.54, 1.807) is 18.2 Å². The van der Waals surface area contributed by atoms with Gasteiger partial charge in [0.05, 0.1) is 0 Å². The van der Waals surface area contributed by atoms with Crippen molar-refractivity contribution in [1.29, 1.82) is 0 Å². The van der Waals surface area contributed by atoms with E-state index in [1.807, 2.05) is 24.3 Å². The minimum atomic E-state index is -5.12. The molecule has 0 unspecified atom stereocenters. The summed E-state index contributed by atoms with van der Waals surface area (Å²) in [7, 11) is 0. The largest absolute Gasteiger partial charge is 0.422 e. The van der Waals surface area contributed by atoms with E-state index in [2.05, 4.69) is 19.1 Å². The molecular formula is C28H22F6. The molecule has 0 amide bonds. The minimum absolute atomic E-state index is 0.00338. The SMILES string of the molecule is CCCc1ccc(-c2ccc3c(F)c(CCc4cc(F)c(C(F)(F)F)c(F)c4)ccc3c2)cc1. The number of hydrogen-bond donors (Lipinski definition) is 0. The van der Waals surface area contributed by atoms with Crippen molar-refractivity contribution in [2.45, 2.75) is 38.8 Å². The molecule has 0 aliphatic carbocycles. The maximum atomic E-state index is 15.1. The van der Waals surface area contributed by atoms with Crippen LogP contribution in [0.3, 0.4) is 0 Å². The number of alkyl halides is 3. The van der Waals surface area contributed by atoms with Crippen molar-refractivity contribution in [1.82, 2.24) is 0 Å². The van der Waals surface area contributed by atoms with Gasteiger partial charge in [-0.2, -0.15) is 13.2 Å². The second-order valence-electron chi connectivity index (χ2n) is 8.35. The Morgan fingerprint density at radius 1 is 0.647 bits per heavy atom. The van der Waals surface area contributed by atoms with Crippen LogP contribution in [0, 0.1) is 17.5 Å². The van der Waals surface area contributed by atoms with Gasteiger partial charge < -0.3 is 0 Å². The molecule has 0 bridgehead atoms. The van der Waals surface area contributed by atoms with E-state index >= 15 is 4.39 Å². The maximum Gasteiger partial charge on any atom is 0.422 e. The molecule has 0 heterocycles. The quantitative estimate of drug-likeness (QED) is 0.246. The van der Waals surface area contributed by atoms with Gasteiger partial charge in [0.15, 0.2) is 0 Å². The molecular weight excluding hydrogens is 450 g/mol. The average Bonchev–Trinajstić information content (AvgIpc) is 2.78. The van der Waals surface area contributed by atoms with Gasteiger partial charge in [0.25, 0.3) is 0 Å². The van der Waals surface area contributed by atoms with Crippen molar-refractivity contribution in [2.24, 2.45) is 0 Å². The Morgan fingerprint density at radius 3 is 1.91 bits per heavy atom. The molecule has 6 heteroatoms. The monoisotopic (exact) mass is 472 g/mol. The summed E-state index contributed by atoms with van der Waals surface area (Å²) in [5.41, 5.74) is 1.68. The molecule has 0 saturated heterocycles. The first-order chi connectivity index (χ1) is 16.2. The van der Waals surface area contributed by atoms with Crippen molar-refractivity contribution in [3.8, 4) is 11.1 Å². The zero-order chi connectivity index (χ0) is 24.5. The summed E-state index contributed by atoms with van der Waals surface area (Å²) in [5.74, 6) is -3.79. The zero-order valence-corrected chi connectivity index (χ0v) is 18.4. The Morgan fingerprint density at radius 2 is 1.29 bits per heavy atom. The van der Waals surface area contributed by atoms with Gasteiger partial charge in [-0.1, -0.05) is 61.9 Å².